The lowest BCUT2D eigenvalue weighted by molar-refractivity contribution is -0.155. The standard InChI is InChI=1S/C15H17N3O2/c1-17-9-10-18(15(20)14(17)19)11-13-6-4-12(5-7-13)3-2-8-16/h4-7H,8-11,16H2,1H3. The van der Waals surface area contributed by atoms with E-state index in [9.17, 15) is 9.59 Å². The van der Waals surface area contributed by atoms with Crippen molar-refractivity contribution in [2.24, 2.45) is 5.73 Å². The number of nitrogens with zero attached hydrogens (tertiary/aromatic N) is 2. The van der Waals surface area contributed by atoms with Gasteiger partial charge < -0.3 is 15.5 Å². The fourth-order valence-corrected chi connectivity index (χ4v) is 1.99. The van der Waals surface area contributed by atoms with Crippen LogP contribution in [0.2, 0.25) is 0 Å². The summed E-state index contributed by atoms with van der Waals surface area (Å²) in [5, 5.41) is 0. The van der Waals surface area contributed by atoms with E-state index in [1.807, 2.05) is 24.3 Å². The summed E-state index contributed by atoms with van der Waals surface area (Å²) in [5.41, 5.74) is 7.19. The van der Waals surface area contributed by atoms with Crippen LogP contribution < -0.4 is 5.73 Å². The van der Waals surface area contributed by atoms with E-state index in [0.717, 1.165) is 11.1 Å². The molecule has 0 saturated carbocycles. The van der Waals surface area contributed by atoms with Crippen molar-refractivity contribution in [2.45, 2.75) is 6.54 Å². The third kappa shape index (κ3) is 3.16. The van der Waals surface area contributed by atoms with Crippen LogP contribution >= 0.6 is 0 Å². The average molecular weight is 271 g/mol. The van der Waals surface area contributed by atoms with E-state index in [4.69, 9.17) is 5.73 Å². The van der Waals surface area contributed by atoms with E-state index in [1.165, 1.54) is 4.90 Å². The molecule has 0 bridgehead atoms. The summed E-state index contributed by atoms with van der Waals surface area (Å²) in [4.78, 5) is 26.5. The highest BCUT2D eigenvalue weighted by Gasteiger charge is 2.29. The molecule has 0 aliphatic carbocycles. The van der Waals surface area contributed by atoms with Crippen molar-refractivity contribution in [1.29, 1.82) is 0 Å². The highest BCUT2D eigenvalue weighted by atomic mass is 16.2. The zero-order chi connectivity index (χ0) is 14.5. The Kier molecular flexibility index (Phi) is 4.38. The molecule has 0 aromatic heterocycles. The predicted molar refractivity (Wildman–Crippen MR) is 75.4 cm³/mol. The Morgan fingerprint density at radius 3 is 2.50 bits per heavy atom. The van der Waals surface area contributed by atoms with E-state index in [-0.39, 0.29) is 0 Å². The van der Waals surface area contributed by atoms with Crippen LogP contribution in [0, 0.1) is 11.8 Å². The summed E-state index contributed by atoms with van der Waals surface area (Å²) in [5.74, 6) is 4.84. The Morgan fingerprint density at radius 1 is 1.15 bits per heavy atom. The minimum atomic E-state index is -0.443. The molecule has 2 rings (SSSR count). The van der Waals surface area contributed by atoms with E-state index in [0.29, 0.717) is 26.2 Å². The van der Waals surface area contributed by atoms with Gasteiger partial charge in [-0.2, -0.15) is 0 Å². The van der Waals surface area contributed by atoms with Gasteiger partial charge in [-0.3, -0.25) is 9.59 Å². The van der Waals surface area contributed by atoms with Crippen LogP contribution in [0.4, 0.5) is 0 Å². The first kappa shape index (κ1) is 14.1. The molecule has 0 unspecified atom stereocenters. The number of carbonyl (C=O) groups excluding carboxylic acids is 2. The summed E-state index contributed by atoms with van der Waals surface area (Å²) in [6.07, 6.45) is 0. The van der Waals surface area contributed by atoms with Gasteiger partial charge in [-0.25, -0.2) is 0 Å². The summed E-state index contributed by atoms with van der Waals surface area (Å²) in [7, 11) is 1.64. The van der Waals surface area contributed by atoms with Crippen molar-refractivity contribution in [3.8, 4) is 11.8 Å². The normalized spacial score (nSPS) is 15.1. The Labute approximate surface area is 118 Å². The van der Waals surface area contributed by atoms with E-state index < -0.39 is 11.8 Å². The van der Waals surface area contributed by atoms with Crippen LogP contribution in [0.1, 0.15) is 11.1 Å². The average Bonchev–Trinajstić information content (AvgIpc) is 2.47. The van der Waals surface area contributed by atoms with Gasteiger partial charge in [-0.15, -0.1) is 0 Å². The number of rotatable bonds is 2. The molecular weight excluding hydrogens is 254 g/mol. The number of benzene rings is 1. The van der Waals surface area contributed by atoms with E-state index in [2.05, 4.69) is 11.8 Å². The quantitative estimate of drug-likeness (QED) is 0.598. The van der Waals surface area contributed by atoms with E-state index >= 15 is 0 Å². The van der Waals surface area contributed by atoms with E-state index in [1.54, 1.807) is 11.9 Å². The van der Waals surface area contributed by atoms with Gasteiger partial charge in [0.15, 0.2) is 0 Å². The third-order valence-corrected chi connectivity index (χ3v) is 3.18. The minimum absolute atomic E-state index is 0.333. The van der Waals surface area contributed by atoms with Gasteiger partial charge in [0.05, 0.1) is 6.54 Å². The number of hydrogen-bond acceptors (Lipinski definition) is 3. The van der Waals surface area contributed by atoms with Gasteiger partial charge >= 0.3 is 11.8 Å². The molecule has 2 amide bonds. The number of piperazine rings is 1. The Balaban J connectivity index is 2.03. The van der Waals surface area contributed by atoms with Crippen LogP contribution in [-0.4, -0.2) is 48.3 Å². The van der Waals surface area contributed by atoms with Crippen LogP contribution in [0.3, 0.4) is 0 Å². The molecule has 1 aromatic rings. The summed E-state index contributed by atoms with van der Waals surface area (Å²) in [6, 6.07) is 7.61. The second-order valence-electron chi connectivity index (χ2n) is 4.66. The van der Waals surface area contributed by atoms with Crippen molar-refractivity contribution in [1.82, 2.24) is 9.80 Å². The van der Waals surface area contributed by atoms with Crippen molar-refractivity contribution in [3.05, 3.63) is 35.4 Å². The molecule has 5 heteroatoms. The lowest BCUT2D eigenvalue weighted by atomic mass is 10.1. The van der Waals surface area contributed by atoms with Gasteiger partial charge in [0, 0.05) is 32.2 Å². The maximum atomic E-state index is 11.8. The lowest BCUT2D eigenvalue weighted by Crippen LogP contribution is -2.52. The first-order valence-corrected chi connectivity index (χ1v) is 6.44. The summed E-state index contributed by atoms with van der Waals surface area (Å²) >= 11 is 0. The highest BCUT2D eigenvalue weighted by Crippen LogP contribution is 2.10. The first-order chi connectivity index (χ1) is 9.61. The molecule has 2 N–H and O–H groups in total. The molecule has 1 aliphatic rings. The zero-order valence-electron chi connectivity index (χ0n) is 11.4. The van der Waals surface area contributed by atoms with Crippen molar-refractivity contribution >= 4 is 11.8 Å². The van der Waals surface area contributed by atoms with Gasteiger partial charge in [0.25, 0.3) is 0 Å². The molecular formula is C15H17N3O2. The maximum absolute atomic E-state index is 11.8. The second kappa shape index (κ2) is 6.22. The Morgan fingerprint density at radius 2 is 1.85 bits per heavy atom. The second-order valence-corrected chi connectivity index (χ2v) is 4.66. The fraction of sp³-hybridized carbons (Fsp3) is 0.333. The summed E-state index contributed by atoms with van der Waals surface area (Å²) < 4.78 is 0. The molecule has 1 heterocycles. The van der Waals surface area contributed by atoms with Crippen molar-refractivity contribution < 1.29 is 9.59 Å². The van der Waals surface area contributed by atoms with Crippen LogP contribution in [0.25, 0.3) is 0 Å². The monoisotopic (exact) mass is 271 g/mol. The van der Waals surface area contributed by atoms with Gasteiger partial charge in [-0.05, 0) is 17.7 Å². The van der Waals surface area contributed by atoms with Gasteiger partial charge in [0.2, 0.25) is 0 Å². The topological polar surface area (TPSA) is 66.6 Å². The molecule has 0 radical (unpaired) electrons. The fourth-order valence-electron chi connectivity index (χ4n) is 1.99. The predicted octanol–water partition coefficient (Wildman–Crippen LogP) is -0.203. The first-order valence-electron chi connectivity index (χ1n) is 6.44. The molecule has 20 heavy (non-hydrogen) atoms. The lowest BCUT2D eigenvalue weighted by Gasteiger charge is -2.31. The van der Waals surface area contributed by atoms with Gasteiger partial charge in [0.1, 0.15) is 0 Å². The molecule has 0 atom stereocenters. The molecule has 1 saturated heterocycles. The van der Waals surface area contributed by atoms with Gasteiger partial charge in [-0.1, -0.05) is 24.0 Å². The number of hydrogen-bond donors (Lipinski definition) is 1. The molecule has 104 valence electrons. The highest BCUT2D eigenvalue weighted by molar-refractivity contribution is 6.35. The van der Waals surface area contributed by atoms with Crippen LogP contribution in [0.5, 0.6) is 0 Å². The minimum Gasteiger partial charge on any atom is -0.336 e. The maximum Gasteiger partial charge on any atom is 0.312 e. The Bertz CT molecular complexity index is 569. The van der Waals surface area contributed by atoms with Crippen molar-refractivity contribution in [2.75, 3.05) is 26.7 Å². The SMILES string of the molecule is CN1CCN(Cc2ccc(C#CCN)cc2)C(=O)C1=O. The number of amides is 2. The largest absolute Gasteiger partial charge is 0.336 e. The zero-order valence-corrected chi connectivity index (χ0v) is 11.4. The molecule has 1 aliphatic heterocycles. The molecule has 0 spiro atoms. The molecule has 1 aromatic carbocycles. The smallest absolute Gasteiger partial charge is 0.312 e. The van der Waals surface area contributed by atoms with Crippen LogP contribution in [0.15, 0.2) is 24.3 Å². The van der Waals surface area contributed by atoms with Crippen molar-refractivity contribution in [3.63, 3.8) is 0 Å². The molecule has 5 nitrogen and oxygen atoms in total. The third-order valence-electron chi connectivity index (χ3n) is 3.18. The number of nitrogens with two attached hydrogens (primary N) is 1. The Hall–Kier alpha value is -2.32. The number of likely N-dealkylation sites (N-methyl/N-ethyl adjacent to an activating group) is 1. The van der Waals surface area contributed by atoms with Crippen LogP contribution in [-0.2, 0) is 16.1 Å². The molecule has 1 fully saturated rings. The number of carbonyl (C=O) groups is 2. The summed E-state index contributed by atoms with van der Waals surface area (Å²) in [6.45, 7) is 1.92.